The SMILES string of the molecule is O=[P](O)(O)[Cu]. The van der Waals surface area contributed by atoms with E-state index in [2.05, 4.69) is 15.6 Å². The van der Waals surface area contributed by atoms with Crippen LogP contribution in [-0.2, 0) is 20.1 Å². The van der Waals surface area contributed by atoms with Crippen LogP contribution in [0.25, 0.3) is 0 Å². The fourth-order valence-electron chi connectivity index (χ4n) is 0. The first-order valence-corrected chi connectivity index (χ1v) is 3.42. The molecule has 0 saturated heterocycles. The molecule has 0 saturated carbocycles. The summed E-state index contributed by atoms with van der Waals surface area (Å²) in [4.78, 5) is 14.9. The molecule has 0 aromatic heterocycles. The van der Waals surface area contributed by atoms with E-state index < -0.39 is 6.29 Å². The van der Waals surface area contributed by atoms with Gasteiger partial charge in [-0.25, -0.2) is 0 Å². The second kappa shape index (κ2) is 1.41. The van der Waals surface area contributed by atoms with Gasteiger partial charge < -0.3 is 0 Å². The first-order chi connectivity index (χ1) is 2.00. The van der Waals surface area contributed by atoms with Crippen molar-refractivity contribution in [2.45, 2.75) is 0 Å². The molecule has 0 radical (unpaired) electrons. The molecule has 2 N–H and O–H groups in total. The Labute approximate surface area is 37.0 Å². The maximum absolute atomic E-state index is 9.13. The van der Waals surface area contributed by atoms with Gasteiger partial charge in [0.1, 0.15) is 0 Å². The van der Waals surface area contributed by atoms with E-state index in [4.69, 9.17) is 14.4 Å². The molecule has 0 rings (SSSR count). The third kappa shape index (κ3) is 74.2. The van der Waals surface area contributed by atoms with Gasteiger partial charge in [-0.05, 0) is 0 Å². The van der Waals surface area contributed by atoms with Crippen LogP contribution in [0.4, 0.5) is 0 Å². The zero-order valence-corrected chi connectivity index (χ0v) is 3.89. The van der Waals surface area contributed by atoms with Crippen LogP contribution in [0.1, 0.15) is 0 Å². The summed E-state index contributed by atoms with van der Waals surface area (Å²) in [5, 5.41) is 0. The summed E-state index contributed by atoms with van der Waals surface area (Å²) in [6.45, 7) is 0. The van der Waals surface area contributed by atoms with Crippen LogP contribution in [0.3, 0.4) is 0 Å². The Hall–Kier alpha value is 0.669. The van der Waals surface area contributed by atoms with Gasteiger partial charge in [-0.3, -0.25) is 0 Å². The molecule has 0 aromatic carbocycles. The summed E-state index contributed by atoms with van der Waals surface area (Å²) in [6.07, 6.45) is -4.08. The van der Waals surface area contributed by atoms with E-state index in [0.29, 0.717) is 0 Å². The van der Waals surface area contributed by atoms with Crippen molar-refractivity contribution in [1.82, 2.24) is 0 Å². The molecular formula is H2CuO3P. The fourth-order valence-corrected chi connectivity index (χ4v) is 0. The van der Waals surface area contributed by atoms with Crippen LogP contribution in [0, 0.1) is 0 Å². The Morgan fingerprint density at radius 2 is 1.60 bits per heavy atom. The molecule has 5 heteroatoms. The second-order valence-corrected chi connectivity index (χ2v) is 2.93. The molecule has 0 unspecified atom stereocenters. The summed E-state index contributed by atoms with van der Waals surface area (Å²) in [5.74, 6) is 0. The standard InChI is InChI=1S/Cu.HO3P/c;1-4(2)3/h;(H-,1,2,3)/q-1;/p+1. The molecule has 0 heterocycles. The minimum absolute atomic E-state index is 3.62. The van der Waals surface area contributed by atoms with Crippen molar-refractivity contribution < 1.29 is 29.9 Å². The Morgan fingerprint density at radius 1 is 1.60 bits per heavy atom. The zero-order chi connectivity index (χ0) is 4.50. The molecule has 0 amide bonds. The summed E-state index contributed by atoms with van der Waals surface area (Å²) in [6, 6.07) is 0. The quantitative estimate of drug-likeness (QED) is 0.360. The van der Waals surface area contributed by atoms with E-state index in [-0.39, 0.29) is 0 Å². The maximum atomic E-state index is 9.13. The average Bonchev–Trinajstić information content (AvgIpc) is 0.722. The van der Waals surface area contributed by atoms with Gasteiger partial charge in [-0.15, -0.1) is 0 Å². The van der Waals surface area contributed by atoms with Gasteiger partial charge in [0.05, 0.1) is 0 Å². The monoisotopic (exact) mass is 144 g/mol. The molecule has 3 nitrogen and oxygen atoms in total. The summed E-state index contributed by atoms with van der Waals surface area (Å²) in [7, 11) is 0. The number of rotatable bonds is 0. The predicted molar refractivity (Wildman–Crippen MR) is 12.0 cm³/mol. The van der Waals surface area contributed by atoms with Gasteiger partial charge in [0.15, 0.2) is 0 Å². The van der Waals surface area contributed by atoms with Gasteiger partial charge in [-0.2, -0.15) is 0 Å². The van der Waals surface area contributed by atoms with Gasteiger partial charge in [0, 0.05) is 0 Å². The molecule has 0 atom stereocenters. The predicted octanol–water partition coefficient (Wildman–Crippen LogP) is -0.374. The molecule has 0 bridgehead atoms. The molecule has 0 fully saturated rings. The first kappa shape index (κ1) is 5.67. The Bertz CT molecular complexity index is 53.0. The van der Waals surface area contributed by atoms with Crippen molar-refractivity contribution in [2.75, 3.05) is 0 Å². The summed E-state index contributed by atoms with van der Waals surface area (Å²) in [5.41, 5.74) is 0. The normalized spacial score (nSPS) is 12.0. The molecule has 0 spiro atoms. The summed E-state index contributed by atoms with van der Waals surface area (Å²) >= 11 is 3.62. The van der Waals surface area contributed by atoms with Crippen molar-refractivity contribution in [1.29, 1.82) is 0 Å². The van der Waals surface area contributed by atoms with E-state index in [9.17, 15) is 0 Å². The molecule has 0 aliphatic carbocycles. The number of hydrogen-bond acceptors (Lipinski definition) is 1. The van der Waals surface area contributed by atoms with Crippen molar-refractivity contribution in [3.8, 4) is 0 Å². The second-order valence-electron chi connectivity index (χ2n) is 0.428. The van der Waals surface area contributed by atoms with E-state index in [1.54, 1.807) is 0 Å². The molecule has 36 valence electrons. The van der Waals surface area contributed by atoms with Crippen molar-refractivity contribution >= 4 is 6.29 Å². The third-order valence-electron chi connectivity index (χ3n) is 0. The third-order valence-corrected chi connectivity index (χ3v) is 0. The molecule has 0 aliphatic heterocycles. The van der Waals surface area contributed by atoms with Gasteiger partial charge in [0.2, 0.25) is 0 Å². The van der Waals surface area contributed by atoms with Crippen LogP contribution in [-0.4, -0.2) is 9.79 Å². The van der Waals surface area contributed by atoms with E-state index in [1.807, 2.05) is 0 Å². The van der Waals surface area contributed by atoms with E-state index in [0.717, 1.165) is 0 Å². The Balaban J connectivity index is 3.47. The molecular weight excluding hydrogens is 143 g/mol. The Kier molecular flexibility index (Phi) is 1.60. The fraction of sp³-hybridized carbons (Fsp3) is 0. The van der Waals surface area contributed by atoms with Crippen LogP contribution >= 0.6 is 6.29 Å². The zero-order valence-electron chi connectivity index (χ0n) is 2.05. The number of hydrogen-bond donors (Lipinski definition) is 2. The van der Waals surface area contributed by atoms with Crippen LogP contribution < -0.4 is 0 Å². The van der Waals surface area contributed by atoms with E-state index >= 15 is 0 Å². The van der Waals surface area contributed by atoms with Crippen molar-refractivity contribution in [3.63, 3.8) is 0 Å². The van der Waals surface area contributed by atoms with Crippen molar-refractivity contribution in [2.24, 2.45) is 0 Å². The average molecular weight is 145 g/mol. The van der Waals surface area contributed by atoms with Crippen LogP contribution in [0.2, 0.25) is 0 Å². The van der Waals surface area contributed by atoms with E-state index in [1.165, 1.54) is 0 Å². The van der Waals surface area contributed by atoms with Gasteiger partial charge in [0.25, 0.3) is 0 Å². The topological polar surface area (TPSA) is 57.5 Å². The minimum atomic E-state index is -4.08. The summed E-state index contributed by atoms with van der Waals surface area (Å²) < 4.78 is 9.13. The van der Waals surface area contributed by atoms with Gasteiger partial charge >= 0.3 is 36.2 Å². The first-order valence-electron chi connectivity index (χ1n) is 0.717. The molecule has 0 aromatic rings. The molecule has 0 aliphatic rings. The Morgan fingerprint density at radius 3 is 1.60 bits per heavy atom. The molecule has 5 heavy (non-hydrogen) atoms. The van der Waals surface area contributed by atoms with Crippen LogP contribution in [0.15, 0.2) is 0 Å². The van der Waals surface area contributed by atoms with Crippen molar-refractivity contribution in [3.05, 3.63) is 0 Å². The van der Waals surface area contributed by atoms with Gasteiger partial charge in [-0.1, -0.05) is 0 Å². The van der Waals surface area contributed by atoms with Crippen LogP contribution in [0.5, 0.6) is 0 Å².